The van der Waals surface area contributed by atoms with E-state index in [9.17, 15) is 0 Å². The van der Waals surface area contributed by atoms with Crippen LogP contribution in [0.1, 0.15) is 0 Å². The summed E-state index contributed by atoms with van der Waals surface area (Å²) in [6, 6.07) is 0. The van der Waals surface area contributed by atoms with Crippen LogP contribution in [0.4, 0.5) is 0 Å². The Morgan fingerprint density at radius 1 is 0.818 bits per heavy atom. The fraction of sp³-hybridized carbons (Fsp3) is 0. The quantitative estimate of drug-likeness (QED) is 0.506. The molecule has 4 aliphatic heterocycles. The first-order chi connectivity index (χ1) is 5.23. The monoisotopic (exact) mass is 300 g/mol. The van der Waals surface area contributed by atoms with Crippen LogP contribution in [-0.2, 0) is 25.9 Å². The first kappa shape index (κ1) is 8.32. The van der Waals surface area contributed by atoms with Crippen LogP contribution in [0.25, 0.3) is 0 Å². The Bertz CT molecular complexity index is 197. The van der Waals surface area contributed by atoms with Gasteiger partial charge in [-0.05, 0) is 0 Å². The fourth-order valence-corrected chi connectivity index (χ4v) is 11.6. The molecule has 0 aromatic heterocycles. The van der Waals surface area contributed by atoms with Crippen molar-refractivity contribution in [3.63, 3.8) is 0 Å². The van der Waals surface area contributed by atoms with Gasteiger partial charge in [0.25, 0.3) is 0 Å². The van der Waals surface area contributed by atoms with Crippen LogP contribution in [0.2, 0.25) is 0 Å². The van der Waals surface area contributed by atoms with E-state index in [4.69, 9.17) is 25.9 Å². The van der Waals surface area contributed by atoms with Crippen molar-refractivity contribution < 1.29 is 25.9 Å². The van der Waals surface area contributed by atoms with E-state index in [2.05, 4.69) is 15.1 Å². The van der Waals surface area contributed by atoms with Crippen LogP contribution in [0, 0.1) is 0 Å². The van der Waals surface area contributed by atoms with E-state index >= 15 is 0 Å². The van der Waals surface area contributed by atoms with Crippen LogP contribution >= 0.6 is 32.0 Å². The van der Waals surface area contributed by atoms with Gasteiger partial charge in [0.1, 0.15) is 0 Å². The summed E-state index contributed by atoms with van der Waals surface area (Å²) in [7, 11) is -3.78. The summed E-state index contributed by atoms with van der Waals surface area (Å²) in [6.07, 6.45) is -2.23. The van der Waals surface area contributed by atoms with Gasteiger partial charge in [-0.15, -0.1) is 0 Å². The Hall–Kier alpha value is 2.00. The van der Waals surface area contributed by atoms with E-state index in [1.54, 1.807) is 0 Å². The molecule has 0 spiro atoms. The second kappa shape index (κ2) is 2.74. The first-order valence-electron chi connectivity index (χ1n) is 2.37. The van der Waals surface area contributed by atoms with E-state index in [1.807, 2.05) is 0 Å². The van der Waals surface area contributed by atoms with Crippen LogP contribution < -0.4 is 0 Å². The predicted octanol–water partition coefficient (Wildman–Crippen LogP) is 2.65. The van der Waals surface area contributed by atoms with Crippen LogP contribution in [-0.4, -0.2) is 15.1 Å². The average Bonchev–Trinajstić information content (AvgIpc) is 1.79. The Morgan fingerprint density at radius 2 is 1.18 bits per heavy atom. The number of hydrogen-bond donors (Lipinski definition) is 0. The van der Waals surface area contributed by atoms with Gasteiger partial charge in [0.2, 0.25) is 0 Å². The maximum atomic E-state index is 5.19. The SMILES string of the molecule is [Se]=P12OP3OP(OP(O3)O1)O2. The van der Waals surface area contributed by atoms with Crippen molar-refractivity contribution in [3.05, 3.63) is 0 Å². The molecule has 11 heteroatoms. The van der Waals surface area contributed by atoms with Crippen LogP contribution in [0.15, 0.2) is 0 Å². The minimum atomic E-state index is -2.23. The molecule has 0 radical (unpaired) electrons. The van der Waals surface area contributed by atoms with Gasteiger partial charge in [-0.3, -0.25) is 0 Å². The molecule has 11 heavy (non-hydrogen) atoms. The Balaban J connectivity index is 2.00. The normalized spacial score (nSPS) is 60.2. The summed E-state index contributed by atoms with van der Waals surface area (Å²) in [4.78, 5) is 0. The van der Waals surface area contributed by atoms with Gasteiger partial charge in [0, 0.05) is 0 Å². The maximum absolute atomic E-state index is 5.19. The van der Waals surface area contributed by atoms with Gasteiger partial charge < -0.3 is 0 Å². The Kier molecular flexibility index (Phi) is 2.08. The van der Waals surface area contributed by atoms with Gasteiger partial charge >= 0.3 is 73.0 Å². The summed E-state index contributed by atoms with van der Waals surface area (Å²) >= 11 is 2.74. The Labute approximate surface area is 73.3 Å². The minimum absolute atomic E-state index is 1.26. The molecule has 4 fully saturated rings. The topological polar surface area (TPSA) is 55.4 Å². The summed E-state index contributed by atoms with van der Waals surface area (Å²) in [5.74, 6) is 0. The molecule has 0 aliphatic carbocycles. The predicted molar refractivity (Wildman–Crippen MR) is 39.9 cm³/mol. The van der Waals surface area contributed by atoms with Crippen molar-refractivity contribution in [2.75, 3.05) is 0 Å². The molecule has 4 saturated heterocycles. The van der Waals surface area contributed by atoms with Crippen molar-refractivity contribution in [2.45, 2.75) is 0 Å². The molecular weight excluding hydrogens is 299 g/mol. The molecule has 4 rings (SSSR count). The second-order valence-electron chi connectivity index (χ2n) is 1.61. The summed E-state index contributed by atoms with van der Waals surface area (Å²) in [5, 5.41) is 0. The first-order valence-corrected chi connectivity index (χ1v) is 9.42. The standard InChI is InChI=1S/O6P4Se/c11-10-4-7-1-8(5-10)3-9(2-7)6-10. The molecule has 62 valence electrons. The van der Waals surface area contributed by atoms with E-state index in [0.29, 0.717) is 0 Å². The Morgan fingerprint density at radius 3 is 1.45 bits per heavy atom. The third-order valence-electron chi connectivity index (χ3n) is 0.900. The van der Waals surface area contributed by atoms with Crippen LogP contribution in [0.3, 0.4) is 0 Å². The van der Waals surface area contributed by atoms with Gasteiger partial charge in [0.15, 0.2) is 0 Å². The van der Waals surface area contributed by atoms with Gasteiger partial charge in [-0.2, -0.15) is 0 Å². The van der Waals surface area contributed by atoms with E-state index in [1.165, 1.54) is 0 Å². The average molecular weight is 299 g/mol. The number of rotatable bonds is 0. The van der Waals surface area contributed by atoms with Gasteiger partial charge in [-0.25, -0.2) is 0 Å². The summed E-state index contributed by atoms with van der Waals surface area (Å²) < 4.78 is 30.8. The van der Waals surface area contributed by atoms with Crippen molar-refractivity contribution in [1.82, 2.24) is 0 Å². The van der Waals surface area contributed by atoms with Gasteiger partial charge in [0.05, 0.1) is 0 Å². The molecule has 0 atom stereocenters. The zero-order valence-electron chi connectivity index (χ0n) is 4.65. The third kappa shape index (κ3) is 1.43. The van der Waals surface area contributed by atoms with Crippen molar-refractivity contribution in [1.29, 1.82) is 0 Å². The molecular formula is O6P4Se. The third-order valence-corrected chi connectivity index (χ3v) is 11.9. The zero-order valence-corrected chi connectivity index (χ0v) is 9.94. The van der Waals surface area contributed by atoms with E-state index in [-0.39, 0.29) is 0 Å². The fourth-order valence-electron chi connectivity index (χ4n) is 0.587. The molecule has 0 amide bonds. The number of hydrogen-bond acceptors (Lipinski definition) is 6. The van der Waals surface area contributed by atoms with Gasteiger partial charge in [-0.1, -0.05) is 0 Å². The van der Waals surface area contributed by atoms with Crippen LogP contribution in [0.5, 0.6) is 0 Å². The second-order valence-corrected chi connectivity index (χ2v) is 10.6. The molecule has 6 nitrogen and oxygen atoms in total. The molecule has 4 heterocycles. The van der Waals surface area contributed by atoms with E-state index < -0.39 is 32.0 Å². The zero-order chi connectivity index (χ0) is 7.47. The van der Waals surface area contributed by atoms with Crippen molar-refractivity contribution >= 4 is 47.1 Å². The molecule has 0 N–H and O–H groups in total. The molecule has 0 saturated carbocycles. The van der Waals surface area contributed by atoms with Crippen molar-refractivity contribution in [2.24, 2.45) is 0 Å². The molecule has 0 aromatic carbocycles. The molecule has 0 unspecified atom stereocenters. The summed E-state index contributed by atoms with van der Waals surface area (Å²) in [5.41, 5.74) is 0. The molecule has 4 aliphatic rings. The van der Waals surface area contributed by atoms with Crippen molar-refractivity contribution in [3.8, 4) is 0 Å². The molecule has 4 bridgehead atoms. The molecule has 0 aromatic rings. The van der Waals surface area contributed by atoms with E-state index in [0.717, 1.165) is 0 Å². The summed E-state index contributed by atoms with van der Waals surface area (Å²) in [6.45, 7) is 0.